The summed E-state index contributed by atoms with van der Waals surface area (Å²) in [5.74, 6) is -0.799. The van der Waals surface area contributed by atoms with Crippen LogP contribution in [0.3, 0.4) is 0 Å². The molecular weight excluding hydrogens is 221 g/mol. The summed E-state index contributed by atoms with van der Waals surface area (Å²) in [5.41, 5.74) is 6.21. The quantitative estimate of drug-likeness (QED) is 0.833. The molecule has 3 N–H and O–H groups in total. The van der Waals surface area contributed by atoms with Crippen molar-refractivity contribution < 1.29 is 9.18 Å². The van der Waals surface area contributed by atoms with Crippen LogP contribution in [0.1, 0.15) is 12.8 Å². The molecule has 4 nitrogen and oxygen atoms in total. The number of halogens is 1. The van der Waals surface area contributed by atoms with Crippen molar-refractivity contribution in [3.05, 3.63) is 24.0 Å². The number of amides is 1. The summed E-state index contributed by atoms with van der Waals surface area (Å²) >= 11 is 0. The van der Waals surface area contributed by atoms with E-state index in [1.54, 1.807) is 6.07 Å². The summed E-state index contributed by atoms with van der Waals surface area (Å²) in [5, 5.41) is 2.52. The third-order valence-corrected chi connectivity index (χ3v) is 2.89. The van der Waals surface area contributed by atoms with E-state index < -0.39 is 5.82 Å². The standard InChI is InChI=1S/C12H16FN3O/c13-9-4-3-5-10(16-6-1-2-7-16)12(9)15-11(17)8-14/h3-5H,1-2,6-8,14H2,(H,15,17). The van der Waals surface area contributed by atoms with E-state index in [1.165, 1.54) is 6.07 Å². The largest absolute Gasteiger partial charge is 0.370 e. The molecule has 0 bridgehead atoms. The van der Waals surface area contributed by atoms with Crippen LogP contribution in [0.25, 0.3) is 0 Å². The lowest BCUT2D eigenvalue weighted by Gasteiger charge is -2.21. The van der Waals surface area contributed by atoms with E-state index in [0.29, 0.717) is 0 Å². The molecular formula is C12H16FN3O. The highest BCUT2D eigenvalue weighted by atomic mass is 19.1. The normalized spacial score (nSPS) is 15.1. The van der Waals surface area contributed by atoms with Crippen LogP contribution in [0, 0.1) is 5.82 Å². The van der Waals surface area contributed by atoms with Gasteiger partial charge >= 0.3 is 0 Å². The fourth-order valence-electron chi connectivity index (χ4n) is 2.05. The maximum atomic E-state index is 13.7. The Balaban J connectivity index is 2.30. The second kappa shape index (κ2) is 5.14. The molecule has 0 aromatic heterocycles. The highest BCUT2D eigenvalue weighted by Crippen LogP contribution is 2.30. The zero-order valence-electron chi connectivity index (χ0n) is 9.58. The first-order valence-electron chi connectivity index (χ1n) is 5.75. The second-order valence-corrected chi connectivity index (χ2v) is 4.08. The second-order valence-electron chi connectivity index (χ2n) is 4.08. The molecule has 1 aromatic rings. The predicted molar refractivity (Wildman–Crippen MR) is 65.5 cm³/mol. The fraction of sp³-hybridized carbons (Fsp3) is 0.417. The number of carbonyl (C=O) groups is 1. The van der Waals surface area contributed by atoms with Gasteiger partial charge in [-0.25, -0.2) is 4.39 Å². The van der Waals surface area contributed by atoms with E-state index in [-0.39, 0.29) is 18.1 Å². The van der Waals surface area contributed by atoms with Crippen LogP contribution in [0.5, 0.6) is 0 Å². The van der Waals surface area contributed by atoms with E-state index in [0.717, 1.165) is 31.6 Å². The molecule has 0 saturated carbocycles. The molecule has 1 saturated heterocycles. The maximum Gasteiger partial charge on any atom is 0.238 e. The summed E-state index contributed by atoms with van der Waals surface area (Å²) < 4.78 is 13.7. The number of nitrogens with two attached hydrogens (primary N) is 1. The fourth-order valence-corrected chi connectivity index (χ4v) is 2.05. The van der Waals surface area contributed by atoms with Crippen LogP contribution < -0.4 is 16.0 Å². The molecule has 0 aliphatic carbocycles. The summed E-state index contributed by atoms with van der Waals surface area (Å²) in [6, 6.07) is 4.81. The topological polar surface area (TPSA) is 58.4 Å². The van der Waals surface area contributed by atoms with Crippen molar-refractivity contribution in [2.24, 2.45) is 5.73 Å². The number of rotatable bonds is 3. The van der Waals surface area contributed by atoms with Gasteiger partial charge in [-0.2, -0.15) is 0 Å². The molecule has 1 aliphatic heterocycles. The van der Waals surface area contributed by atoms with Crippen molar-refractivity contribution in [3.63, 3.8) is 0 Å². The van der Waals surface area contributed by atoms with Crippen LogP contribution in [-0.2, 0) is 4.79 Å². The molecule has 92 valence electrons. The number of benzene rings is 1. The molecule has 1 aromatic carbocycles. The lowest BCUT2D eigenvalue weighted by Crippen LogP contribution is -2.25. The lowest BCUT2D eigenvalue weighted by molar-refractivity contribution is -0.114. The van der Waals surface area contributed by atoms with Gasteiger partial charge in [-0.05, 0) is 25.0 Å². The van der Waals surface area contributed by atoms with Crippen LogP contribution in [-0.4, -0.2) is 25.5 Å². The monoisotopic (exact) mass is 237 g/mol. The molecule has 1 fully saturated rings. The van der Waals surface area contributed by atoms with Crippen LogP contribution in [0.2, 0.25) is 0 Å². The van der Waals surface area contributed by atoms with Crippen LogP contribution >= 0.6 is 0 Å². The Labute approximate surface area is 99.6 Å². The minimum absolute atomic E-state index is 0.145. The summed E-state index contributed by atoms with van der Waals surface area (Å²) in [4.78, 5) is 13.4. The molecule has 0 spiro atoms. The van der Waals surface area contributed by atoms with E-state index in [9.17, 15) is 9.18 Å². The Morgan fingerprint density at radius 1 is 1.41 bits per heavy atom. The number of hydrogen-bond donors (Lipinski definition) is 2. The zero-order valence-corrected chi connectivity index (χ0v) is 9.58. The zero-order chi connectivity index (χ0) is 12.3. The molecule has 0 unspecified atom stereocenters. The maximum absolute atomic E-state index is 13.7. The van der Waals surface area contributed by atoms with Gasteiger partial charge < -0.3 is 16.0 Å². The summed E-state index contributed by atoms with van der Waals surface area (Å²) in [7, 11) is 0. The van der Waals surface area contributed by atoms with Crippen molar-refractivity contribution in [2.45, 2.75) is 12.8 Å². The Morgan fingerprint density at radius 3 is 2.76 bits per heavy atom. The number of carbonyl (C=O) groups excluding carboxylic acids is 1. The van der Waals surface area contributed by atoms with Gasteiger partial charge in [0.25, 0.3) is 0 Å². The smallest absolute Gasteiger partial charge is 0.238 e. The summed E-state index contributed by atoms with van der Waals surface area (Å²) in [6.07, 6.45) is 2.20. The van der Waals surface area contributed by atoms with Crippen molar-refractivity contribution in [2.75, 3.05) is 29.9 Å². The van der Waals surface area contributed by atoms with Gasteiger partial charge in [0.15, 0.2) is 0 Å². The van der Waals surface area contributed by atoms with Crippen molar-refractivity contribution in [1.29, 1.82) is 0 Å². The molecule has 17 heavy (non-hydrogen) atoms. The van der Waals surface area contributed by atoms with Crippen molar-refractivity contribution >= 4 is 17.3 Å². The minimum atomic E-state index is -0.420. The van der Waals surface area contributed by atoms with Gasteiger partial charge in [-0.3, -0.25) is 4.79 Å². The van der Waals surface area contributed by atoms with E-state index in [4.69, 9.17) is 5.73 Å². The Morgan fingerprint density at radius 2 is 2.12 bits per heavy atom. The number of nitrogens with zero attached hydrogens (tertiary/aromatic N) is 1. The van der Waals surface area contributed by atoms with Gasteiger partial charge in [0, 0.05) is 13.1 Å². The van der Waals surface area contributed by atoms with Gasteiger partial charge in [0.1, 0.15) is 11.5 Å². The molecule has 0 atom stereocenters. The molecule has 2 rings (SSSR count). The van der Waals surface area contributed by atoms with E-state index in [1.807, 2.05) is 6.07 Å². The van der Waals surface area contributed by atoms with Gasteiger partial charge in [-0.1, -0.05) is 6.07 Å². The molecule has 0 radical (unpaired) electrons. The highest BCUT2D eigenvalue weighted by Gasteiger charge is 2.19. The van der Waals surface area contributed by atoms with Crippen molar-refractivity contribution in [3.8, 4) is 0 Å². The molecule has 1 heterocycles. The number of para-hydroxylation sites is 1. The number of nitrogens with one attached hydrogen (secondary N) is 1. The number of anilines is 2. The first-order valence-corrected chi connectivity index (χ1v) is 5.75. The third-order valence-electron chi connectivity index (χ3n) is 2.89. The summed E-state index contributed by atoms with van der Waals surface area (Å²) in [6.45, 7) is 1.65. The SMILES string of the molecule is NCC(=O)Nc1c(F)cccc1N1CCCC1. The van der Waals surface area contributed by atoms with Gasteiger partial charge in [-0.15, -0.1) is 0 Å². The number of hydrogen-bond acceptors (Lipinski definition) is 3. The molecule has 5 heteroatoms. The Hall–Kier alpha value is -1.62. The first-order chi connectivity index (χ1) is 8.22. The first kappa shape index (κ1) is 11.9. The van der Waals surface area contributed by atoms with Gasteiger partial charge in [0.2, 0.25) is 5.91 Å². The molecule has 1 amide bonds. The molecule has 1 aliphatic rings. The lowest BCUT2D eigenvalue weighted by atomic mass is 10.2. The average Bonchev–Trinajstić information content (AvgIpc) is 2.85. The Kier molecular flexibility index (Phi) is 3.58. The van der Waals surface area contributed by atoms with Crippen molar-refractivity contribution in [1.82, 2.24) is 0 Å². The van der Waals surface area contributed by atoms with Crippen LogP contribution in [0.15, 0.2) is 18.2 Å². The Bertz CT molecular complexity index is 416. The highest BCUT2D eigenvalue weighted by molar-refractivity contribution is 5.95. The van der Waals surface area contributed by atoms with E-state index >= 15 is 0 Å². The predicted octanol–water partition coefficient (Wildman–Crippen LogP) is 1.32. The van der Waals surface area contributed by atoms with Crippen LogP contribution in [0.4, 0.5) is 15.8 Å². The average molecular weight is 237 g/mol. The van der Waals surface area contributed by atoms with E-state index in [2.05, 4.69) is 10.2 Å². The third kappa shape index (κ3) is 2.55. The van der Waals surface area contributed by atoms with Gasteiger partial charge in [0.05, 0.1) is 12.2 Å². The minimum Gasteiger partial charge on any atom is -0.370 e.